The van der Waals surface area contributed by atoms with E-state index in [1.807, 2.05) is 4.90 Å². The van der Waals surface area contributed by atoms with Gasteiger partial charge in [0.2, 0.25) is 5.91 Å². The third-order valence-corrected chi connectivity index (χ3v) is 4.44. The number of likely N-dealkylation sites (tertiary alicyclic amines) is 1. The van der Waals surface area contributed by atoms with Gasteiger partial charge in [-0.1, -0.05) is 19.3 Å². The van der Waals surface area contributed by atoms with E-state index in [4.69, 9.17) is 5.11 Å². The number of aliphatic carboxylic acids is 1. The fourth-order valence-electron chi connectivity index (χ4n) is 3.50. The lowest BCUT2D eigenvalue weighted by Gasteiger charge is -2.32. The van der Waals surface area contributed by atoms with Crippen molar-refractivity contribution in [2.24, 2.45) is 17.8 Å². The summed E-state index contributed by atoms with van der Waals surface area (Å²) < 4.78 is 0. The quantitative estimate of drug-likeness (QED) is 0.763. The highest BCUT2D eigenvalue weighted by Gasteiger charge is 2.65. The molecule has 16 heavy (non-hydrogen) atoms. The van der Waals surface area contributed by atoms with E-state index in [1.165, 1.54) is 19.3 Å². The fraction of sp³-hybridized carbons (Fsp3) is 0.833. The van der Waals surface area contributed by atoms with Crippen LogP contribution in [0.2, 0.25) is 0 Å². The van der Waals surface area contributed by atoms with Crippen molar-refractivity contribution in [2.45, 2.75) is 38.1 Å². The number of hydrogen-bond acceptors (Lipinski definition) is 2. The number of amides is 1. The summed E-state index contributed by atoms with van der Waals surface area (Å²) in [5, 5.41) is 8.90. The summed E-state index contributed by atoms with van der Waals surface area (Å²) in [5.41, 5.74) is 0. The average Bonchev–Trinajstić information content (AvgIpc) is 2.92. The van der Waals surface area contributed by atoms with E-state index in [9.17, 15) is 9.59 Å². The number of fused-ring (bicyclic) bond motifs is 1. The van der Waals surface area contributed by atoms with Gasteiger partial charge in [0.1, 0.15) is 0 Å². The van der Waals surface area contributed by atoms with E-state index in [-0.39, 0.29) is 23.7 Å². The number of carbonyl (C=O) groups is 2. The van der Waals surface area contributed by atoms with Crippen molar-refractivity contribution in [3.05, 3.63) is 0 Å². The molecule has 1 heterocycles. The van der Waals surface area contributed by atoms with Gasteiger partial charge in [-0.15, -0.1) is 0 Å². The van der Waals surface area contributed by atoms with Crippen LogP contribution in [0, 0.1) is 17.8 Å². The van der Waals surface area contributed by atoms with Crippen LogP contribution >= 0.6 is 0 Å². The van der Waals surface area contributed by atoms with Crippen molar-refractivity contribution in [3.63, 3.8) is 0 Å². The SMILES string of the molecule is O=C(O)C1C2CN(C3CCCCC3)C(=O)C21. The second kappa shape index (κ2) is 3.47. The van der Waals surface area contributed by atoms with Crippen LogP contribution in [0.5, 0.6) is 0 Å². The molecule has 0 spiro atoms. The summed E-state index contributed by atoms with van der Waals surface area (Å²) in [5.74, 6) is -1.10. The first kappa shape index (κ1) is 10.1. The Hall–Kier alpha value is -1.06. The summed E-state index contributed by atoms with van der Waals surface area (Å²) in [6.07, 6.45) is 5.94. The van der Waals surface area contributed by atoms with E-state index in [0.29, 0.717) is 12.6 Å². The molecule has 0 aromatic carbocycles. The maximum atomic E-state index is 12.0. The van der Waals surface area contributed by atoms with Gasteiger partial charge in [-0.3, -0.25) is 9.59 Å². The van der Waals surface area contributed by atoms with Crippen LogP contribution in [0.1, 0.15) is 32.1 Å². The third kappa shape index (κ3) is 1.35. The molecule has 3 atom stereocenters. The molecule has 1 N–H and O–H groups in total. The number of rotatable bonds is 2. The molecule has 0 bridgehead atoms. The molecule has 1 amide bonds. The Bertz CT molecular complexity index is 335. The molecule has 2 aliphatic carbocycles. The predicted molar refractivity (Wildman–Crippen MR) is 56.7 cm³/mol. The van der Waals surface area contributed by atoms with Crippen LogP contribution in [-0.4, -0.2) is 34.5 Å². The van der Waals surface area contributed by atoms with Crippen molar-refractivity contribution in [3.8, 4) is 0 Å². The minimum atomic E-state index is -0.786. The Balaban J connectivity index is 1.65. The number of carboxylic acid groups (broad SMARTS) is 1. The standard InChI is InChI=1S/C12H17NO3/c14-11-9-8(10(9)12(15)16)6-13(11)7-4-2-1-3-5-7/h7-10H,1-6H2,(H,15,16). The van der Waals surface area contributed by atoms with Gasteiger partial charge in [-0.2, -0.15) is 0 Å². The first-order chi connectivity index (χ1) is 7.70. The predicted octanol–water partition coefficient (Wildman–Crippen LogP) is 1.11. The minimum absolute atomic E-state index is 0.115. The zero-order chi connectivity index (χ0) is 11.3. The fourth-order valence-corrected chi connectivity index (χ4v) is 3.50. The second-order valence-corrected chi connectivity index (χ2v) is 5.34. The lowest BCUT2D eigenvalue weighted by molar-refractivity contribution is -0.143. The van der Waals surface area contributed by atoms with Crippen LogP contribution in [0.3, 0.4) is 0 Å². The summed E-state index contributed by atoms with van der Waals surface area (Å²) >= 11 is 0. The lowest BCUT2D eigenvalue weighted by atomic mass is 9.94. The molecule has 3 aliphatic rings. The molecule has 1 aliphatic heterocycles. The molecule has 0 radical (unpaired) electrons. The summed E-state index contributed by atoms with van der Waals surface area (Å²) in [6.45, 7) is 0.700. The highest BCUT2D eigenvalue weighted by molar-refractivity contribution is 5.93. The molecule has 4 heteroatoms. The van der Waals surface area contributed by atoms with Gasteiger partial charge >= 0.3 is 5.97 Å². The maximum Gasteiger partial charge on any atom is 0.307 e. The van der Waals surface area contributed by atoms with Crippen molar-refractivity contribution in [1.29, 1.82) is 0 Å². The van der Waals surface area contributed by atoms with Crippen molar-refractivity contribution in [2.75, 3.05) is 6.54 Å². The van der Waals surface area contributed by atoms with Gasteiger partial charge in [-0.25, -0.2) is 0 Å². The van der Waals surface area contributed by atoms with E-state index in [0.717, 1.165) is 12.8 Å². The minimum Gasteiger partial charge on any atom is -0.481 e. The van der Waals surface area contributed by atoms with Crippen LogP contribution < -0.4 is 0 Å². The number of piperidine rings is 1. The summed E-state index contributed by atoms with van der Waals surface area (Å²) in [7, 11) is 0. The van der Waals surface area contributed by atoms with E-state index in [1.54, 1.807) is 0 Å². The number of nitrogens with zero attached hydrogens (tertiary/aromatic N) is 1. The number of hydrogen-bond donors (Lipinski definition) is 1. The molecule has 3 fully saturated rings. The molecule has 88 valence electrons. The molecule has 2 saturated carbocycles. The van der Waals surface area contributed by atoms with E-state index >= 15 is 0 Å². The Labute approximate surface area is 94.6 Å². The van der Waals surface area contributed by atoms with E-state index in [2.05, 4.69) is 0 Å². The number of carboxylic acids is 1. The molecular weight excluding hydrogens is 206 g/mol. The van der Waals surface area contributed by atoms with Crippen molar-refractivity contribution >= 4 is 11.9 Å². The smallest absolute Gasteiger partial charge is 0.307 e. The van der Waals surface area contributed by atoms with Crippen molar-refractivity contribution < 1.29 is 14.7 Å². The Morgan fingerprint density at radius 3 is 2.44 bits per heavy atom. The summed E-state index contributed by atoms with van der Waals surface area (Å²) in [6, 6.07) is 0.406. The van der Waals surface area contributed by atoms with Gasteiger partial charge in [0.25, 0.3) is 0 Å². The third-order valence-electron chi connectivity index (χ3n) is 4.44. The average molecular weight is 223 g/mol. The van der Waals surface area contributed by atoms with Gasteiger partial charge < -0.3 is 10.0 Å². The highest BCUT2D eigenvalue weighted by atomic mass is 16.4. The van der Waals surface area contributed by atoms with Crippen LogP contribution in [0.25, 0.3) is 0 Å². The molecule has 4 nitrogen and oxygen atoms in total. The zero-order valence-corrected chi connectivity index (χ0v) is 9.26. The Kier molecular flexibility index (Phi) is 2.19. The van der Waals surface area contributed by atoms with Crippen LogP contribution in [-0.2, 0) is 9.59 Å². The largest absolute Gasteiger partial charge is 0.481 e. The molecule has 0 aromatic heterocycles. The number of carbonyl (C=O) groups excluding carboxylic acids is 1. The second-order valence-electron chi connectivity index (χ2n) is 5.34. The van der Waals surface area contributed by atoms with Gasteiger partial charge in [0.15, 0.2) is 0 Å². The van der Waals surface area contributed by atoms with Crippen molar-refractivity contribution in [1.82, 2.24) is 4.90 Å². The molecule has 3 rings (SSSR count). The van der Waals surface area contributed by atoms with Crippen LogP contribution in [0.15, 0.2) is 0 Å². The molecule has 1 saturated heterocycles. The zero-order valence-electron chi connectivity index (χ0n) is 9.26. The highest BCUT2D eigenvalue weighted by Crippen LogP contribution is 2.53. The van der Waals surface area contributed by atoms with Gasteiger partial charge in [0, 0.05) is 18.5 Å². The monoisotopic (exact) mass is 223 g/mol. The molecule has 3 unspecified atom stereocenters. The molecular formula is C12H17NO3. The first-order valence-corrected chi connectivity index (χ1v) is 6.23. The Morgan fingerprint density at radius 1 is 1.25 bits per heavy atom. The summed E-state index contributed by atoms with van der Waals surface area (Å²) in [4.78, 5) is 24.8. The van der Waals surface area contributed by atoms with Gasteiger partial charge in [0.05, 0.1) is 11.8 Å². The maximum absolute atomic E-state index is 12.0. The van der Waals surface area contributed by atoms with Crippen LogP contribution in [0.4, 0.5) is 0 Å². The van der Waals surface area contributed by atoms with Gasteiger partial charge in [-0.05, 0) is 12.8 Å². The Morgan fingerprint density at radius 2 is 1.94 bits per heavy atom. The first-order valence-electron chi connectivity index (χ1n) is 6.23. The normalized spacial score (nSPS) is 38.6. The molecule has 0 aromatic rings. The van der Waals surface area contributed by atoms with E-state index < -0.39 is 5.97 Å². The topological polar surface area (TPSA) is 57.6 Å². The lowest BCUT2D eigenvalue weighted by Crippen LogP contribution is -2.41.